The number of benzene rings is 2. The van der Waals surface area contributed by atoms with E-state index < -0.39 is 19.0 Å². The first-order chi connectivity index (χ1) is 13.4. The third-order valence-corrected chi connectivity index (χ3v) is 4.75. The molecule has 0 heterocycles. The summed E-state index contributed by atoms with van der Waals surface area (Å²) in [5, 5.41) is 41.0. The standard InChI is InChI=1S/C21H28BNO5/c1-15-7-5-10-17(20(15)25)14-19(22(27)28)23-21(26)18-11-6-9-16(13-18)8-3-2-4-12-24/h5-7,9-11,13,19,24-25,27-28H,2-4,8,12,14H2,1H3,(H,23,26)/t19-/m0/s1. The van der Waals surface area contributed by atoms with E-state index in [2.05, 4.69) is 5.32 Å². The summed E-state index contributed by atoms with van der Waals surface area (Å²) in [6.07, 6.45) is 3.52. The Bertz CT molecular complexity index is 781. The quantitative estimate of drug-likeness (QED) is 0.316. The summed E-state index contributed by atoms with van der Waals surface area (Å²) in [5.74, 6) is -1.26. The molecule has 1 amide bonds. The SMILES string of the molecule is Cc1cccc(C[C@H](NC(=O)c2cccc(CCCCCO)c2)B(O)O)c1O. The highest BCUT2D eigenvalue weighted by molar-refractivity contribution is 6.43. The minimum atomic E-state index is -1.76. The number of aromatic hydroxyl groups is 1. The highest BCUT2D eigenvalue weighted by Gasteiger charge is 2.27. The summed E-state index contributed by atoms with van der Waals surface area (Å²) in [7, 11) is -1.76. The third-order valence-electron chi connectivity index (χ3n) is 4.75. The maximum Gasteiger partial charge on any atom is 0.475 e. The van der Waals surface area contributed by atoms with Crippen LogP contribution in [-0.2, 0) is 12.8 Å². The van der Waals surface area contributed by atoms with Crippen LogP contribution in [0.5, 0.6) is 5.75 Å². The molecule has 150 valence electrons. The van der Waals surface area contributed by atoms with Crippen LogP contribution in [0.2, 0.25) is 0 Å². The zero-order valence-electron chi connectivity index (χ0n) is 16.1. The van der Waals surface area contributed by atoms with Crippen molar-refractivity contribution in [2.45, 2.75) is 45.0 Å². The number of aliphatic hydroxyl groups excluding tert-OH is 1. The number of para-hydroxylation sites is 1. The number of amides is 1. The van der Waals surface area contributed by atoms with Crippen LogP contribution in [0.4, 0.5) is 0 Å². The Balaban J connectivity index is 2.04. The lowest BCUT2D eigenvalue weighted by Gasteiger charge is -2.19. The zero-order chi connectivity index (χ0) is 20.5. The van der Waals surface area contributed by atoms with Gasteiger partial charge >= 0.3 is 7.12 Å². The monoisotopic (exact) mass is 385 g/mol. The van der Waals surface area contributed by atoms with Crippen LogP contribution in [0.3, 0.4) is 0 Å². The molecule has 0 aliphatic heterocycles. The molecule has 2 aromatic rings. The second-order valence-corrected chi connectivity index (χ2v) is 7.01. The second-order valence-electron chi connectivity index (χ2n) is 7.01. The number of phenolic OH excluding ortho intramolecular Hbond substituents is 1. The van der Waals surface area contributed by atoms with Gasteiger partial charge in [0.15, 0.2) is 0 Å². The Kier molecular flexibility index (Phi) is 8.51. The van der Waals surface area contributed by atoms with Gasteiger partial charge in [-0.15, -0.1) is 0 Å². The van der Waals surface area contributed by atoms with Crippen molar-refractivity contribution < 1.29 is 25.1 Å². The van der Waals surface area contributed by atoms with Crippen molar-refractivity contribution in [2.75, 3.05) is 6.61 Å². The molecule has 0 fully saturated rings. The number of carbonyl (C=O) groups is 1. The van der Waals surface area contributed by atoms with Crippen LogP contribution in [0.25, 0.3) is 0 Å². The van der Waals surface area contributed by atoms with Gasteiger partial charge < -0.3 is 25.6 Å². The topological polar surface area (TPSA) is 110 Å². The summed E-state index contributed by atoms with van der Waals surface area (Å²) in [4.78, 5) is 12.6. The van der Waals surface area contributed by atoms with Crippen LogP contribution in [-0.4, -0.2) is 45.8 Å². The van der Waals surface area contributed by atoms with Crippen LogP contribution in [0.15, 0.2) is 42.5 Å². The molecule has 6 nitrogen and oxygen atoms in total. The molecule has 0 radical (unpaired) electrons. The lowest BCUT2D eigenvalue weighted by Crippen LogP contribution is -2.47. The van der Waals surface area contributed by atoms with E-state index >= 15 is 0 Å². The van der Waals surface area contributed by atoms with E-state index in [1.165, 1.54) is 0 Å². The molecule has 5 N–H and O–H groups in total. The van der Waals surface area contributed by atoms with Gasteiger partial charge in [-0.2, -0.15) is 0 Å². The van der Waals surface area contributed by atoms with Gasteiger partial charge in [0.1, 0.15) is 5.75 Å². The average Bonchev–Trinajstić information content (AvgIpc) is 2.68. The third kappa shape index (κ3) is 6.37. The van der Waals surface area contributed by atoms with Gasteiger partial charge in [-0.25, -0.2) is 0 Å². The van der Waals surface area contributed by atoms with Gasteiger partial charge in [0, 0.05) is 12.2 Å². The van der Waals surface area contributed by atoms with E-state index in [1.807, 2.05) is 6.07 Å². The molecule has 0 spiro atoms. The summed E-state index contributed by atoms with van der Waals surface area (Å²) in [6, 6.07) is 12.4. The fraction of sp³-hybridized carbons (Fsp3) is 0.381. The average molecular weight is 385 g/mol. The Morgan fingerprint density at radius 2 is 1.86 bits per heavy atom. The van der Waals surface area contributed by atoms with Crippen molar-refractivity contribution in [3.8, 4) is 5.75 Å². The molecule has 0 aliphatic carbocycles. The van der Waals surface area contributed by atoms with Gasteiger partial charge in [0.25, 0.3) is 5.91 Å². The predicted octanol–water partition coefficient (Wildman–Crippen LogP) is 1.76. The summed E-state index contributed by atoms with van der Waals surface area (Å²) in [6.45, 7) is 1.94. The van der Waals surface area contributed by atoms with Crippen LogP contribution in [0.1, 0.15) is 46.3 Å². The highest BCUT2D eigenvalue weighted by atomic mass is 16.4. The first-order valence-electron chi connectivity index (χ1n) is 9.56. The van der Waals surface area contributed by atoms with Crippen molar-refractivity contribution in [3.05, 3.63) is 64.7 Å². The first kappa shape index (κ1) is 21.9. The second kappa shape index (κ2) is 10.9. The smallest absolute Gasteiger partial charge is 0.475 e. The minimum absolute atomic E-state index is 0.0901. The summed E-state index contributed by atoms with van der Waals surface area (Å²) < 4.78 is 0. The van der Waals surface area contributed by atoms with Gasteiger partial charge in [0.05, 0.1) is 5.94 Å². The zero-order valence-corrected chi connectivity index (χ0v) is 16.1. The van der Waals surface area contributed by atoms with Gasteiger partial charge in [-0.1, -0.05) is 36.8 Å². The number of hydrogen-bond donors (Lipinski definition) is 5. The first-order valence-corrected chi connectivity index (χ1v) is 9.56. The molecule has 2 rings (SSSR count). The fourth-order valence-electron chi connectivity index (χ4n) is 3.09. The maximum atomic E-state index is 12.6. The van der Waals surface area contributed by atoms with Gasteiger partial charge in [-0.3, -0.25) is 4.79 Å². The number of nitrogens with one attached hydrogen (secondary N) is 1. The molecule has 0 aliphatic rings. The molecule has 0 aromatic heterocycles. The molecular weight excluding hydrogens is 357 g/mol. The number of aliphatic hydroxyl groups is 1. The lowest BCUT2D eigenvalue weighted by atomic mass is 9.75. The lowest BCUT2D eigenvalue weighted by molar-refractivity contribution is 0.0941. The molecule has 1 atom stereocenters. The van der Waals surface area contributed by atoms with Crippen molar-refractivity contribution in [3.63, 3.8) is 0 Å². The number of rotatable bonds is 10. The molecule has 0 saturated carbocycles. The summed E-state index contributed by atoms with van der Waals surface area (Å²) >= 11 is 0. The molecule has 7 heteroatoms. The number of carbonyl (C=O) groups excluding carboxylic acids is 1. The Labute approximate surface area is 166 Å². The normalized spacial score (nSPS) is 11.9. The van der Waals surface area contributed by atoms with Crippen LogP contribution in [0, 0.1) is 6.92 Å². The van der Waals surface area contributed by atoms with E-state index in [9.17, 15) is 19.9 Å². The van der Waals surface area contributed by atoms with Crippen molar-refractivity contribution in [1.82, 2.24) is 5.32 Å². The summed E-state index contributed by atoms with van der Waals surface area (Å²) in [5.41, 5.74) is 2.68. The predicted molar refractivity (Wildman–Crippen MR) is 109 cm³/mol. The van der Waals surface area contributed by atoms with Gasteiger partial charge in [-0.05, 0) is 61.4 Å². The van der Waals surface area contributed by atoms with Crippen LogP contribution < -0.4 is 5.32 Å². The Morgan fingerprint density at radius 1 is 1.11 bits per heavy atom. The largest absolute Gasteiger partial charge is 0.507 e. The number of phenols is 1. The molecule has 0 bridgehead atoms. The van der Waals surface area contributed by atoms with E-state index in [0.717, 1.165) is 31.2 Å². The Morgan fingerprint density at radius 3 is 2.57 bits per heavy atom. The molecule has 2 aromatic carbocycles. The number of aryl methyl sites for hydroxylation is 2. The van der Waals surface area contributed by atoms with E-state index in [0.29, 0.717) is 16.7 Å². The van der Waals surface area contributed by atoms with Gasteiger partial charge in [0.2, 0.25) is 0 Å². The van der Waals surface area contributed by atoms with E-state index in [4.69, 9.17) is 5.11 Å². The molecular formula is C21H28BNO5. The molecule has 0 unspecified atom stereocenters. The minimum Gasteiger partial charge on any atom is -0.507 e. The number of unbranched alkanes of at least 4 members (excludes halogenated alkanes) is 2. The van der Waals surface area contributed by atoms with Crippen molar-refractivity contribution in [2.24, 2.45) is 0 Å². The van der Waals surface area contributed by atoms with Crippen LogP contribution >= 0.6 is 0 Å². The number of hydrogen-bond acceptors (Lipinski definition) is 5. The Hall–Kier alpha value is -2.35. The maximum absolute atomic E-state index is 12.6. The van der Waals surface area contributed by atoms with Crippen molar-refractivity contribution in [1.29, 1.82) is 0 Å². The fourth-order valence-corrected chi connectivity index (χ4v) is 3.09. The highest BCUT2D eigenvalue weighted by Crippen LogP contribution is 2.23. The molecule has 28 heavy (non-hydrogen) atoms. The van der Waals surface area contributed by atoms with E-state index in [1.54, 1.807) is 43.3 Å². The molecule has 0 saturated heterocycles. The van der Waals surface area contributed by atoms with E-state index in [-0.39, 0.29) is 18.8 Å². The van der Waals surface area contributed by atoms with Crippen molar-refractivity contribution >= 4 is 13.0 Å².